The molecule has 6 nitrogen and oxygen atoms in total. The lowest BCUT2D eigenvalue weighted by Gasteiger charge is -2.06. The third-order valence-corrected chi connectivity index (χ3v) is 1.68. The Kier molecular flexibility index (Phi) is 3.47. The second kappa shape index (κ2) is 4.61. The van der Waals surface area contributed by atoms with Crippen LogP contribution in [0.3, 0.4) is 0 Å². The Morgan fingerprint density at radius 3 is 2.57 bits per heavy atom. The summed E-state index contributed by atoms with van der Waals surface area (Å²) in [4.78, 5) is 26.7. The van der Waals surface area contributed by atoms with Gasteiger partial charge < -0.3 is 9.47 Å². The van der Waals surface area contributed by atoms with E-state index >= 15 is 0 Å². The Bertz CT molecular complexity index is 407. The molecular weight excluding hydrogens is 188 g/mol. The Balaban J connectivity index is 3.12. The van der Waals surface area contributed by atoms with Crippen molar-refractivity contribution in [1.29, 1.82) is 0 Å². The van der Waals surface area contributed by atoms with E-state index in [1.54, 1.807) is 6.92 Å². The molecule has 0 radical (unpaired) electrons. The van der Waals surface area contributed by atoms with Crippen LogP contribution in [0.2, 0.25) is 0 Å². The molecule has 0 aliphatic carbocycles. The molecule has 0 fully saturated rings. The topological polar surface area (TPSA) is 84.2 Å². The zero-order valence-corrected chi connectivity index (χ0v) is 8.05. The van der Waals surface area contributed by atoms with E-state index < -0.39 is 11.2 Å². The summed E-state index contributed by atoms with van der Waals surface area (Å²) in [5.74, 6) is 0.170. The molecule has 0 aliphatic heterocycles. The van der Waals surface area contributed by atoms with Crippen LogP contribution < -0.4 is 16.0 Å². The number of aromatic nitrogens is 2. The summed E-state index contributed by atoms with van der Waals surface area (Å²) in [6.45, 7) is 1.79. The van der Waals surface area contributed by atoms with Gasteiger partial charge in [-0.25, -0.2) is 4.79 Å². The SMILES string of the molecule is CCc1c(OCOC)[nH]c(=O)[nH]c1=O. The Hall–Kier alpha value is -1.56. The largest absolute Gasteiger partial charge is 0.452 e. The number of methoxy groups -OCH3 is 1. The predicted molar refractivity (Wildman–Crippen MR) is 49.6 cm³/mol. The summed E-state index contributed by atoms with van der Waals surface area (Å²) in [6.07, 6.45) is 0.477. The van der Waals surface area contributed by atoms with Crippen LogP contribution in [0.15, 0.2) is 9.59 Å². The monoisotopic (exact) mass is 200 g/mol. The molecule has 1 aromatic heterocycles. The van der Waals surface area contributed by atoms with Gasteiger partial charge in [-0.05, 0) is 6.42 Å². The Morgan fingerprint density at radius 1 is 1.29 bits per heavy atom. The van der Waals surface area contributed by atoms with Crippen molar-refractivity contribution in [2.75, 3.05) is 13.9 Å². The van der Waals surface area contributed by atoms with Gasteiger partial charge in [0.05, 0.1) is 5.56 Å². The highest BCUT2D eigenvalue weighted by Gasteiger charge is 2.07. The molecule has 0 saturated heterocycles. The van der Waals surface area contributed by atoms with E-state index in [1.165, 1.54) is 7.11 Å². The van der Waals surface area contributed by atoms with E-state index in [4.69, 9.17) is 4.74 Å². The fourth-order valence-corrected chi connectivity index (χ4v) is 1.05. The maximum Gasteiger partial charge on any atom is 0.328 e. The molecule has 0 spiro atoms. The average molecular weight is 200 g/mol. The molecule has 14 heavy (non-hydrogen) atoms. The van der Waals surface area contributed by atoms with E-state index in [0.717, 1.165) is 0 Å². The molecular formula is C8H12N2O4. The highest BCUT2D eigenvalue weighted by molar-refractivity contribution is 5.21. The van der Waals surface area contributed by atoms with Gasteiger partial charge in [0.25, 0.3) is 5.56 Å². The number of aromatic amines is 2. The molecule has 0 unspecified atom stereocenters. The van der Waals surface area contributed by atoms with Gasteiger partial charge in [-0.15, -0.1) is 0 Å². The van der Waals surface area contributed by atoms with Gasteiger partial charge in [-0.3, -0.25) is 14.8 Å². The normalized spacial score (nSPS) is 10.1. The van der Waals surface area contributed by atoms with E-state index in [-0.39, 0.29) is 12.7 Å². The van der Waals surface area contributed by atoms with Crippen molar-refractivity contribution in [2.24, 2.45) is 0 Å². The van der Waals surface area contributed by atoms with Gasteiger partial charge in [0.15, 0.2) is 6.79 Å². The number of hydrogen-bond acceptors (Lipinski definition) is 4. The van der Waals surface area contributed by atoms with Gasteiger partial charge in [0, 0.05) is 7.11 Å². The minimum absolute atomic E-state index is 0.00755. The lowest BCUT2D eigenvalue weighted by molar-refractivity contribution is 0.0467. The first kappa shape index (κ1) is 10.5. The molecule has 6 heteroatoms. The Morgan fingerprint density at radius 2 is 2.00 bits per heavy atom. The van der Waals surface area contributed by atoms with Crippen molar-refractivity contribution in [3.8, 4) is 5.88 Å². The summed E-state index contributed by atoms with van der Waals surface area (Å²) < 4.78 is 9.71. The fraction of sp³-hybridized carbons (Fsp3) is 0.500. The highest BCUT2D eigenvalue weighted by atomic mass is 16.7. The smallest absolute Gasteiger partial charge is 0.328 e. The number of hydrogen-bond donors (Lipinski definition) is 2. The highest BCUT2D eigenvalue weighted by Crippen LogP contribution is 2.07. The van der Waals surface area contributed by atoms with Gasteiger partial charge in [-0.1, -0.05) is 6.92 Å². The Labute approximate surface area is 79.9 Å². The van der Waals surface area contributed by atoms with E-state index in [9.17, 15) is 9.59 Å². The van der Waals surface area contributed by atoms with Crippen LogP contribution in [0, 0.1) is 0 Å². The average Bonchev–Trinajstić information content (AvgIpc) is 2.14. The number of nitrogens with one attached hydrogen (secondary N) is 2. The third kappa shape index (κ3) is 2.23. The molecule has 78 valence electrons. The predicted octanol–water partition coefficient (Wildman–Crippen LogP) is -0.392. The lowest BCUT2D eigenvalue weighted by Crippen LogP contribution is -2.26. The molecule has 0 aromatic carbocycles. The minimum Gasteiger partial charge on any atom is -0.452 e. The molecule has 2 N–H and O–H groups in total. The third-order valence-electron chi connectivity index (χ3n) is 1.68. The van der Waals surface area contributed by atoms with Crippen LogP contribution >= 0.6 is 0 Å². The molecule has 0 bridgehead atoms. The number of H-pyrrole nitrogens is 2. The molecule has 1 rings (SSSR count). The molecule has 0 saturated carbocycles. The zero-order valence-electron chi connectivity index (χ0n) is 8.05. The number of ether oxygens (including phenoxy) is 2. The summed E-state index contributed by atoms with van der Waals surface area (Å²) in [6, 6.07) is 0. The van der Waals surface area contributed by atoms with Crippen molar-refractivity contribution in [3.05, 3.63) is 26.4 Å². The maximum absolute atomic E-state index is 11.3. The number of rotatable bonds is 4. The second-order valence-corrected chi connectivity index (χ2v) is 2.62. The quantitative estimate of drug-likeness (QED) is 0.648. The van der Waals surface area contributed by atoms with Crippen molar-refractivity contribution in [3.63, 3.8) is 0 Å². The van der Waals surface area contributed by atoms with Crippen molar-refractivity contribution >= 4 is 0 Å². The molecule has 1 heterocycles. The van der Waals surface area contributed by atoms with Crippen LogP contribution in [0.25, 0.3) is 0 Å². The summed E-state index contributed by atoms with van der Waals surface area (Å²) in [5, 5.41) is 0. The van der Waals surface area contributed by atoms with E-state index in [0.29, 0.717) is 12.0 Å². The van der Waals surface area contributed by atoms with Gasteiger partial charge >= 0.3 is 5.69 Å². The molecule has 0 aliphatic rings. The first-order valence-electron chi connectivity index (χ1n) is 4.16. The van der Waals surface area contributed by atoms with Gasteiger partial charge in [-0.2, -0.15) is 0 Å². The van der Waals surface area contributed by atoms with Crippen LogP contribution in [0.5, 0.6) is 5.88 Å². The fourth-order valence-electron chi connectivity index (χ4n) is 1.05. The molecule has 1 aromatic rings. The molecule has 0 atom stereocenters. The van der Waals surface area contributed by atoms with E-state index in [1.807, 2.05) is 0 Å². The van der Waals surface area contributed by atoms with Gasteiger partial charge in [0.1, 0.15) is 0 Å². The van der Waals surface area contributed by atoms with Crippen molar-refractivity contribution < 1.29 is 9.47 Å². The van der Waals surface area contributed by atoms with E-state index in [2.05, 4.69) is 14.7 Å². The van der Waals surface area contributed by atoms with Crippen molar-refractivity contribution in [1.82, 2.24) is 9.97 Å². The standard InChI is InChI=1S/C8H12N2O4/c1-3-5-6(11)9-8(12)10-7(5)14-4-13-2/h3-4H2,1-2H3,(H2,9,10,11,12). The van der Waals surface area contributed by atoms with Crippen LogP contribution in [-0.2, 0) is 11.2 Å². The zero-order chi connectivity index (χ0) is 10.6. The minimum atomic E-state index is -0.585. The summed E-state index contributed by atoms with van der Waals surface area (Å²) >= 11 is 0. The summed E-state index contributed by atoms with van der Waals surface area (Å²) in [7, 11) is 1.46. The van der Waals surface area contributed by atoms with Crippen molar-refractivity contribution in [2.45, 2.75) is 13.3 Å². The first-order valence-corrected chi connectivity index (χ1v) is 4.16. The molecule has 0 amide bonds. The van der Waals surface area contributed by atoms with Crippen LogP contribution in [0.4, 0.5) is 0 Å². The maximum atomic E-state index is 11.3. The summed E-state index contributed by atoms with van der Waals surface area (Å²) in [5.41, 5.74) is -0.609. The van der Waals surface area contributed by atoms with Crippen LogP contribution in [-0.4, -0.2) is 23.9 Å². The van der Waals surface area contributed by atoms with Gasteiger partial charge in [0.2, 0.25) is 5.88 Å². The first-order chi connectivity index (χ1) is 6.69. The van der Waals surface area contributed by atoms with Crippen LogP contribution in [0.1, 0.15) is 12.5 Å². The second-order valence-electron chi connectivity index (χ2n) is 2.62. The lowest BCUT2D eigenvalue weighted by atomic mass is 10.2.